The van der Waals surface area contributed by atoms with Crippen LogP contribution in [0.4, 0.5) is 5.69 Å². The van der Waals surface area contributed by atoms with Crippen LogP contribution in [0.3, 0.4) is 0 Å². The van der Waals surface area contributed by atoms with Crippen molar-refractivity contribution in [2.45, 2.75) is 13.5 Å². The second-order valence-corrected chi connectivity index (χ2v) is 7.10. The van der Waals surface area contributed by atoms with Crippen LogP contribution in [0.5, 0.6) is 5.75 Å². The van der Waals surface area contributed by atoms with E-state index in [-0.39, 0.29) is 12.5 Å². The number of halogens is 1. The molecule has 2 aromatic carbocycles. The van der Waals surface area contributed by atoms with Crippen molar-refractivity contribution in [3.63, 3.8) is 0 Å². The summed E-state index contributed by atoms with van der Waals surface area (Å²) in [5.74, 6) is 0.554. The molecule has 26 heavy (non-hydrogen) atoms. The number of aryl methyl sites for hydroxylation is 1. The number of carbonyl (C=O) groups is 1. The van der Waals surface area contributed by atoms with Gasteiger partial charge in [-0.25, -0.2) is 0 Å². The Bertz CT molecular complexity index is 743. The van der Waals surface area contributed by atoms with Gasteiger partial charge in [0.05, 0.1) is 13.2 Å². The molecule has 0 unspecified atom stereocenters. The number of nitrogens with one attached hydrogen (secondary N) is 1. The quantitative estimate of drug-likeness (QED) is 0.781. The summed E-state index contributed by atoms with van der Waals surface area (Å²) < 4.78 is 11.9. The van der Waals surface area contributed by atoms with Gasteiger partial charge in [0.15, 0.2) is 6.61 Å². The molecule has 3 rings (SSSR count). The second kappa shape index (κ2) is 9.05. The van der Waals surface area contributed by atoms with Crippen molar-refractivity contribution in [1.29, 1.82) is 0 Å². The van der Waals surface area contributed by atoms with E-state index in [1.54, 1.807) is 0 Å². The van der Waals surface area contributed by atoms with Crippen molar-refractivity contribution in [3.8, 4) is 5.75 Å². The van der Waals surface area contributed by atoms with Crippen LogP contribution >= 0.6 is 15.9 Å². The average Bonchev–Trinajstić information content (AvgIpc) is 2.68. The van der Waals surface area contributed by atoms with Crippen LogP contribution < -0.4 is 15.0 Å². The zero-order valence-corrected chi connectivity index (χ0v) is 16.4. The van der Waals surface area contributed by atoms with Gasteiger partial charge in [-0.05, 0) is 48.4 Å². The van der Waals surface area contributed by atoms with Crippen LogP contribution in [0.2, 0.25) is 0 Å². The van der Waals surface area contributed by atoms with E-state index in [4.69, 9.17) is 9.47 Å². The van der Waals surface area contributed by atoms with E-state index < -0.39 is 0 Å². The number of rotatable bonds is 6. The van der Waals surface area contributed by atoms with Crippen LogP contribution in [0.25, 0.3) is 0 Å². The van der Waals surface area contributed by atoms with Crippen LogP contribution in [-0.2, 0) is 16.1 Å². The van der Waals surface area contributed by atoms with E-state index in [2.05, 4.69) is 38.3 Å². The first kappa shape index (κ1) is 18.7. The minimum Gasteiger partial charge on any atom is -0.484 e. The molecule has 1 N–H and O–H groups in total. The summed E-state index contributed by atoms with van der Waals surface area (Å²) in [7, 11) is 0. The van der Waals surface area contributed by atoms with E-state index in [0.717, 1.165) is 41.9 Å². The third-order valence-electron chi connectivity index (χ3n) is 4.30. The van der Waals surface area contributed by atoms with Gasteiger partial charge >= 0.3 is 0 Å². The summed E-state index contributed by atoms with van der Waals surface area (Å²) in [4.78, 5) is 14.3. The fourth-order valence-corrected chi connectivity index (χ4v) is 3.00. The molecule has 1 aliphatic heterocycles. The van der Waals surface area contributed by atoms with Crippen molar-refractivity contribution in [3.05, 3.63) is 58.1 Å². The van der Waals surface area contributed by atoms with E-state index in [1.165, 1.54) is 5.69 Å². The first-order valence-corrected chi connectivity index (χ1v) is 9.48. The first-order chi connectivity index (χ1) is 12.6. The predicted molar refractivity (Wildman–Crippen MR) is 106 cm³/mol. The second-order valence-electron chi connectivity index (χ2n) is 6.24. The van der Waals surface area contributed by atoms with Gasteiger partial charge in [-0.3, -0.25) is 4.79 Å². The molecular weight excluding hydrogens is 396 g/mol. The normalized spacial score (nSPS) is 14.2. The topological polar surface area (TPSA) is 50.8 Å². The van der Waals surface area contributed by atoms with Crippen molar-refractivity contribution in [2.75, 3.05) is 37.8 Å². The van der Waals surface area contributed by atoms with Crippen LogP contribution in [0, 0.1) is 6.92 Å². The number of hydrogen-bond acceptors (Lipinski definition) is 4. The smallest absolute Gasteiger partial charge is 0.258 e. The van der Waals surface area contributed by atoms with Crippen molar-refractivity contribution in [1.82, 2.24) is 5.32 Å². The third kappa shape index (κ3) is 5.22. The lowest BCUT2D eigenvalue weighted by Gasteiger charge is -2.28. The Morgan fingerprint density at radius 3 is 2.62 bits per heavy atom. The van der Waals surface area contributed by atoms with E-state index >= 15 is 0 Å². The molecular formula is C20H23BrN2O3. The van der Waals surface area contributed by atoms with Crippen molar-refractivity contribution >= 4 is 27.5 Å². The molecule has 0 saturated carbocycles. The zero-order valence-electron chi connectivity index (χ0n) is 14.8. The molecule has 1 amide bonds. The van der Waals surface area contributed by atoms with Gasteiger partial charge in [-0.1, -0.05) is 28.1 Å². The molecule has 0 aliphatic carbocycles. The first-order valence-electron chi connectivity index (χ1n) is 8.69. The van der Waals surface area contributed by atoms with Gasteiger partial charge in [-0.15, -0.1) is 0 Å². The van der Waals surface area contributed by atoms with Crippen molar-refractivity contribution < 1.29 is 14.3 Å². The largest absolute Gasteiger partial charge is 0.484 e. The minimum absolute atomic E-state index is 0.00688. The van der Waals surface area contributed by atoms with Gasteiger partial charge in [0, 0.05) is 29.8 Å². The molecule has 0 bridgehead atoms. The van der Waals surface area contributed by atoms with E-state index in [1.807, 2.05) is 37.3 Å². The molecule has 1 aliphatic rings. The monoisotopic (exact) mass is 418 g/mol. The number of ether oxygens (including phenoxy) is 2. The Kier molecular flexibility index (Phi) is 6.52. The maximum absolute atomic E-state index is 12.0. The molecule has 6 heteroatoms. The lowest BCUT2D eigenvalue weighted by atomic mass is 10.2. The summed E-state index contributed by atoms with van der Waals surface area (Å²) in [6, 6.07) is 13.9. The highest BCUT2D eigenvalue weighted by Crippen LogP contribution is 2.21. The fraction of sp³-hybridized carbons (Fsp3) is 0.350. The van der Waals surface area contributed by atoms with Crippen LogP contribution in [0.1, 0.15) is 11.1 Å². The number of amides is 1. The van der Waals surface area contributed by atoms with Crippen LogP contribution in [0.15, 0.2) is 46.9 Å². The third-order valence-corrected chi connectivity index (χ3v) is 5.19. The molecule has 5 nitrogen and oxygen atoms in total. The predicted octanol–water partition coefficient (Wildman–Crippen LogP) is 3.29. The summed E-state index contributed by atoms with van der Waals surface area (Å²) in [5.41, 5.74) is 3.33. The lowest BCUT2D eigenvalue weighted by Crippen LogP contribution is -2.36. The number of hydrogen-bond donors (Lipinski definition) is 1. The molecule has 1 fully saturated rings. The standard InChI is InChI=1S/C20H23BrN2O3/c1-15-12-18(6-7-19(15)21)26-14-20(24)22-13-16-2-4-17(5-3-16)23-8-10-25-11-9-23/h2-7,12H,8-11,13-14H2,1H3,(H,22,24). The minimum atomic E-state index is -0.136. The Balaban J connectivity index is 1.44. The van der Waals surface area contributed by atoms with Gasteiger partial charge in [0.2, 0.25) is 0 Å². The highest BCUT2D eigenvalue weighted by atomic mass is 79.9. The van der Waals surface area contributed by atoms with Gasteiger partial charge in [0.25, 0.3) is 5.91 Å². The number of benzene rings is 2. The maximum atomic E-state index is 12.0. The summed E-state index contributed by atoms with van der Waals surface area (Å²) in [6.45, 7) is 5.87. The molecule has 0 spiro atoms. The number of nitrogens with zero attached hydrogens (tertiary/aromatic N) is 1. The number of morpholine rings is 1. The summed E-state index contributed by atoms with van der Waals surface area (Å²) >= 11 is 3.45. The molecule has 0 atom stereocenters. The molecule has 0 aromatic heterocycles. The van der Waals surface area contributed by atoms with E-state index in [9.17, 15) is 4.79 Å². The fourth-order valence-electron chi connectivity index (χ4n) is 2.75. The van der Waals surface area contributed by atoms with Gasteiger partial charge < -0.3 is 19.7 Å². The van der Waals surface area contributed by atoms with E-state index in [0.29, 0.717) is 12.3 Å². The molecule has 0 radical (unpaired) electrons. The Labute approximate surface area is 162 Å². The van der Waals surface area contributed by atoms with Crippen LogP contribution in [-0.4, -0.2) is 38.8 Å². The highest BCUT2D eigenvalue weighted by molar-refractivity contribution is 9.10. The molecule has 138 valence electrons. The van der Waals surface area contributed by atoms with Crippen molar-refractivity contribution in [2.24, 2.45) is 0 Å². The molecule has 2 aromatic rings. The zero-order chi connectivity index (χ0) is 18.4. The number of anilines is 1. The van der Waals surface area contributed by atoms with Gasteiger partial charge in [-0.2, -0.15) is 0 Å². The maximum Gasteiger partial charge on any atom is 0.258 e. The number of carbonyl (C=O) groups excluding carboxylic acids is 1. The van der Waals surface area contributed by atoms with Gasteiger partial charge in [0.1, 0.15) is 5.75 Å². The Morgan fingerprint density at radius 1 is 1.19 bits per heavy atom. The molecule has 1 saturated heterocycles. The summed E-state index contributed by atoms with van der Waals surface area (Å²) in [6.07, 6.45) is 0. The summed E-state index contributed by atoms with van der Waals surface area (Å²) in [5, 5.41) is 2.89. The Hall–Kier alpha value is -2.05. The lowest BCUT2D eigenvalue weighted by molar-refractivity contribution is -0.123. The molecule has 1 heterocycles. The Morgan fingerprint density at radius 2 is 1.92 bits per heavy atom. The average molecular weight is 419 g/mol. The highest BCUT2D eigenvalue weighted by Gasteiger charge is 2.11. The SMILES string of the molecule is Cc1cc(OCC(=O)NCc2ccc(N3CCOCC3)cc2)ccc1Br.